The topological polar surface area (TPSA) is 43.6 Å². The van der Waals surface area contributed by atoms with Gasteiger partial charge in [-0.3, -0.25) is 4.40 Å². The minimum Gasteiger partial charge on any atom is -0.456 e. The largest absolute Gasteiger partial charge is 0.456 e. The SMILES string of the molecule is O=C(C=Cc1cccc(F)c1)OCc1c(Cl)nc2sccn12. The molecule has 0 N–H and O–H groups in total. The summed E-state index contributed by atoms with van der Waals surface area (Å²) in [4.78, 5) is 16.6. The molecule has 22 heavy (non-hydrogen) atoms. The van der Waals surface area contributed by atoms with Crippen LogP contribution in [0.25, 0.3) is 11.0 Å². The minimum atomic E-state index is -0.537. The molecule has 0 saturated heterocycles. The third kappa shape index (κ3) is 3.18. The molecule has 0 bridgehead atoms. The van der Waals surface area contributed by atoms with Gasteiger partial charge >= 0.3 is 5.97 Å². The molecule has 0 fully saturated rings. The van der Waals surface area contributed by atoms with Crippen LogP contribution in [0.4, 0.5) is 4.39 Å². The van der Waals surface area contributed by atoms with Crippen LogP contribution in [0.1, 0.15) is 11.3 Å². The van der Waals surface area contributed by atoms with E-state index in [2.05, 4.69) is 4.98 Å². The van der Waals surface area contributed by atoms with Gasteiger partial charge in [0.05, 0.1) is 5.69 Å². The number of ether oxygens (including phenoxy) is 1. The maximum absolute atomic E-state index is 13.0. The number of hydrogen-bond donors (Lipinski definition) is 0. The molecule has 4 nitrogen and oxygen atoms in total. The van der Waals surface area contributed by atoms with E-state index in [1.54, 1.807) is 16.5 Å². The molecule has 0 saturated carbocycles. The number of nitrogens with zero attached hydrogens (tertiary/aromatic N) is 2. The highest BCUT2D eigenvalue weighted by molar-refractivity contribution is 7.15. The van der Waals surface area contributed by atoms with Crippen LogP contribution < -0.4 is 0 Å². The first-order valence-corrected chi connectivity index (χ1v) is 7.59. The monoisotopic (exact) mass is 336 g/mol. The van der Waals surface area contributed by atoms with Gasteiger partial charge in [-0.1, -0.05) is 23.7 Å². The van der Waals surface area contributed by atoms with E-state index < -0.39 is 5.97 Å². The zero-order valence-corrected chi connectivity index (χ0v) is 12.8. The second kappa shape index (κ2) is 6.29. The minimum absolute atomic E-state index is 0.0169. The van der Waals surface area contributed by atoms with E-state index >= 15 is 0 Å². The Labute approximate surface area is 134 Å². The summed E-state index contributed by atoms with van der Waals surface area (Å²) in [5.41, 5.74) is 1.20. The van der Waals surface area contributed by atoms with Crippen molar-refractivity contribution in [3.8, 4) is 0 Å². The van der Waals surface area contributed by atoms with Crippen LogP contribution in [-0.2, 0) is 16.1 Å². The number of benzene rings is 1. The van der Waals surface area contributed by atoms with Crippen LogP contribution in [0.2, 0.25) is 5.15 Å². The Morgan fingerprint density at radius 1 is 1.50 bits per heavy atom. The van der Waals surface area contributed by atoms with Crippen molar-refractivity contribution in [3.05, 3.63) is 64.1 Å². The van der Waals surface area contributed by atoms with Crippen molar-refractivity contribution in [1.29, 1.82) is 0 Å². The first kappa shape index (κ1) is 14.7. The third-order valence-electron chi connectivity index (χ3n) is 2.92. The molecule has 0 aliphatic rings. The second-order valence-corrected chi connectivity index (χ2v) is 5.63. The lowest BCUT2D eigenvalue weighted by Gasteiger charge is -2.01. The standard InChI is InChI=1S/C15H10ClFN2O2S/c16-14-12(19-6-7-22-15(19)18-14)9-21-13(20)5-4-10-2-1-3-11(17)8-10/h1-8H,9H2. The lowest BCUT2D eigenvalue weighted by atomic mass is 10.2. The average Bonchev–Trinajstić information content (AvgIpc) is 3.04. The van der Waals surface area contributed by atoms with Crippen molar-refractivity contribution in [2.45, 2.75) is 6.61 Å². The summed E-state index contributed by atoms with van der Waals surface area (Å²) in [5.74, 6) is -0.896. The highest BCUT2D eigenvalue weighted by Gasteiger charge is 2.12. The Balaban J connectivity index is 1.65. The molecule has 0 aliphatic heterocycles. The van der Waals surface area contributed by atoms with Gasteiger partial charge in [-0.05, 0) is 23.8 Å². The molecule has 0 unspecified atom stereocenters. The molecule has 2 aromatic heterocycles. The molecule has 0 atom stereocenters. The molecule has 0 radical (unpaired) electrons. The Kier molecular flexibility index (Phi) is 4.22. The summed E-state index contributed by atoms with van der Waals surface area (Å²) in [6.07, 6.45) is 4.54. The van der Waals surface area contributed by atoms with E-state index in [0.29, 0.717) is 16.4 Å². The first-order valence-electron chi connectivity index (χ1n) is 6.34. The lowest BCUT2D eigenvalue weighted by Crippen LogP contribution is -2.02. The van der Waals surface area contributed by atoms with Crippen LogP contribution in [0, 0.1) is 5.82 Å². The van der Waals surface area contributed by atoms with Gasteiger partial charge in [0.1, 0.15) is 12.4 Å². The van der Waals surface area contributed by atoms with Crippen LogP contribution >= 0.6 is 22.9 Å². The highest BCUT2D eigenvalue weighted by atomic mass is 35.5. The van der Waals surface area contributed by atoms with E-state index in [-0.39, 0.29) is 12.4 Å². The first-order chi connectivity index (χ1) is 10.6. The Morgan fingerprint density at radius 2 is 2.36 bits per heavy atom. The highest BCUT2D eigenvalue weighted by Crippen LogP contribution is 2.21. The molecule has 3 aromatic rings. The van der Waals surface area contributed by atoms with Gasteiger partial charge in [0.15, 0.2) is 10.1 Å². The summed E-state index contributed by atoms with van der Waals surface area (Å²) in [5, 5.41) is 2.18. The summed E-state index contributed by atoms with van der Waals surface area (Å²) in [6.45, 7) is 0.0169. The van der Waals surface area contributed by atoms with Gasteiger partial charge in [-0.2, -0.15) is 0 Å². The number of thiazole rings is 1. The molecule has 0 amide bonds. The Morgan fingerprint density at radius 3 is 3.18 bits per heavy atom. The fourth-order valence-electron chi connectivity index (χ4n) is 1.90. The number of aromatic nitrogens is 2. The number of hydrogen-bond acceptors (Lipinski definition) is 4. The van der Waals surface area contributed by atoms with Crippen LogP contribution in [0.15, 0.2) is 41.9 Å². The van der Waals surface area contributed by atoms with Crippen molar-refractivity contribution < 1.29 is 13.9 Å². The zero-order valence-electron chi connectivity index (χ0n) is 11.2. The molecule has 112 valence electrons. The van der Waals surface area contributed by atoms with E-state index in [1.807, 2.05) is 11.6 Å². The van der Waals surface area contributed by atoms with Crippen molar-refractivity contribution in [2.24, 2.45) is 0 Å². The Hall–Kier alpha value is -2.18. The van der Waals surface area contributed by atoms with Crippen LogP contribution in [0.5, 0.6) is 0 Å². The maximum atomic E-state index is 13.0. The van der Waals surface area contributed by atoms with Crippen LogP contribution in [-0.4, -0.2) is 15.4 Å². The van der Waals surface area contributed by atoms with E-state index in [0.717, 1.165) is 4.96 Å². The summed E-state index contributed by atoms with van der Waals surface area (Å²) >= 11 is 7.45. The van der Waals surface area contributed by atoms with Gasteiger partial charge in [-0.15, -0.1) is 11.3 Å². The van der Waals surface area contributed by atoms with Gasteiger partial charge in [0, 0.05) is 17.7 Å². The summed E-state index contributed by atoms with van der Waals surface area (Å²) < 4.78 is 19.9. The van der Waals surface area contributed by atoms with Gasteiger partial charge in [-0.25, -0.2) is 14.2 Å². The number of rotatable bonds is 4. The van der Waals surface area contributed by atoms with Gasteiger partial charge in [0.25, 0.3) is 0 Å². The fraction of sp³-hybridized carbons (Fsp3) is 0.0667. The number of halogens is 2. The molecule has 3 rings (SSSR count). The molecular weight excluding hydrogens is 327 g/mol. The number of fused-ring (bicyclic) bond motifs is 1. The average molecular weight is 337 g/mol. The number of imidazole rings is 1. The zero-order chi connectivity index (χ0) is 15.5. The molecular formula is C15H10ClFN2O2S. The van der Waals surface area contributed by atoms with E-state index in [4.69, 9.17) is 16.3 Å². The quantitative estimate of drug-likeness (QED) is 0.535. The van der Waals surface area contributed by atoms with Crippen molar-refractivity contribution >= 4 is 39.9 Å². The number of carbonyl (C=O) groups is 1. The molecule has 1 aromatic carbocycles. The van der Waals surface area contributed by atoms with Gasteiger partial charge in [0.2, 0.25) is 0 Å². The summed E-state index contributed by atoms with van der Waals surface area (Å²) in [6, 6.07) is 5.92. The predicted octanol–water partition coefficient (Wildman–Crippen LogP) is 3.94. The smallest absolute Gasteiger partial charge is 0.331 e. The second-order valence-electron chi connectivity index (χ2n) is 4.40. The van der Waals surface area contributed by atoms with Crippen LogP contribution in [0.3, 0.4) is 0 Å². The third-order valence-corrected chi connectivity index (χ3v) is 3.98. The molecule has 2 heterocycles. The van der Waals surface area contributed by atoms with Crippen molar-refractivity contribution in [3.63, 3.8) is 0 Å². The van der Waals surface area contributed by atoms with Crippen molar-refractivity contribution in [1.82, 2.24) is 9.38 Å². The van der Waals surface area contributed by atoms with Gasteiger partial charge < -0.3 is 4.74 Å². The lowest BCUT2D eigenvalue weighted by molar-refractivity contribution is -0.139. The van der Waals surface area contributed by atoms with E-state index in [9.17, 15) is 9.18 Å². The number of carbonyl (C=O) groups excluding carboxylic acids is 1. The normalized spacial score (nSPS) is 11.4. The fourth-order valence-corrected chi connectivity index (χ4v) is 2.91. The van der Waals surface area contributed by atoms with E-state index in [1.165, 1.54) is 35.6 Å². The Bertz CT molecular complexity index is 856. The maximum Gasteiger partial charge on any atom is 0.331 e. The summed E-state index contributed by atoms with van der Waals surface area (Å²) in [7, 11) is 0. The van der Waals surface area contributed by atoms with Crippen molar-refractivity contribution in [2.75, 3.05) is 0 Å². The molecule has 0 spiro atoms. The predicted molar refractivity (Wildman–Crippen MR) is 83.3 cm³/mol. The molecule has 7 heteroatoms. The number of esters is 1. The molecule has 0 aliphatic carbocycles.